The molecular weight excluding hydrogens is 376 g/mol. The number of benzene rings is 2. The maximum Gasteiger partial charge on any atom is 0.274 e. The van der Waals surface area contributed by atoms with Crippen molar-refractivity contribution in [1.82, 2.24) is 9.97 Å². The lowest BCUT2D eigenvalue weighted by molar-refractivity contribution is 0.102. The second kappa shape index (κ2) is 8.62. The third-order valence-corrected chi connectivity index (χ3v) is 5.13. The van der Waals surface area contributed by atoms with Crippen LogP contribution in [0.25, 0.3) is 0 Å². The van der Waals surface area contributed by atoms with Crippen molar-refractivity contribution in [2.75, 3.05) is 41.3 Å². The van der Waals surface area contributed by atoms with Gasteiger partial charge in [0.2, 0.25) is 0 Å². The second-order valence-electron chi connectivity index (χ2n) is 7.22. The smallest absolute Gasteiger partial charge is 0.274 e. The maximum atomic E-state index is 12.6. The third kappa shape index (κ3) is 4.39. The predicted molar refractivity (Wildman–Crippen MR) is 117 cm³/mol. The molecule has 150 valence electrons. The summed E-state index contributed by atoms with van der Waals surface area (Å²) in [6.07, 6.45) is 1.43. The number of nitrogens with one attached hydrogen (secondary N) is 1. The number of nitrogens with zero attached hydrogens (tertiary/aromatic N) is 5. The molecule has 1 fully saturated rings. The van der Waals surface area contributed by atoms with Crippen molar-refractivity contribution in [3.05, 3.63) is 77.7 Å². The zero-order valence-corrected chi connectivity index (χ0v) is 16.7. The van der Waals surface area contributed by atoms with Crippen LogP contribution in [-0.2, 0) is 0 Å². The molecule has 30 heavy (non-hydrogen) atoms. The summed E-state index contributed by atoms with van der Waals surface area (Å²) in [7, 11) is 0. The number of amides is 1. The third-order valence-electron chi connectivity index (χ3n) is 5.13. The summed E-state index contributed by atoms with van der Waals surface area (Å²) in [5, 5.41) is 11.7. The first kappa shape index (κ1) is 19.4. The molecular formula is C23H22N6O. The Labute approximate surface area is 175 Å². The molecule has 4 rings (SSSR count). The molecule has 0 spiro atoms. The highest BCUT2D eigenvalue weighted by molar-refractivity contribution is 6.03. The zero-order chi connectivity index (χ0) is 20.9. The van der Waals surface area contributed by atoms with E-state index in [0.717, 1.165) is 32.0 Å². The van der Waals surface area contributed by atoms with Crippen molar-refractivity contribution in [2.24, 2.45) is 0 Å². The van der Waals surface area contributed by atoms with Gasteiger partial charge in [0.15, 0.2) is 0 Å². The van der Waals surface area contributed by atoms with Gasteiger partial charge in [-0.1, -0.05) is 12.1 Å². The highest BCUT2D eigenvalue weighted by Gasteiger charge is 2.20. The molecule has 1 aromatic heterocycles. The Bertz CT molecular complexity index is 1080. The zero-order valence-electron chi connectivity index (χ0n) is 16.7. The minimum atomic E-state index is -0.304. The number of hydrogen-bond donors (Lipinski definition) is 1. The van der Waals surface area contributed by atoms with Gasteiger partial charge < -0.3 is 15.1 Å². The van der Waals surface area contributed by atoms with Gasteiger partial charge in [0.05, 0.1) is 11.6 Å². The van der Waals surface area contributed by atoms with Crippen molar-refractivity contribution >= 4 is 23.1 Å². The van der Waals surface area contributed by atoms with Gasteiger partial charge in [-0.15, -0.1) is 0 Å². The molecule has 0 radical (unpaired) electrons. The van der Waals surface area contributed by atoms with Gasteiger partial charge in [-0.25, -0.2) is 9.97 Å². The number of anilines is 3. The summed E-state index contributed by atoms with van der Waals surface area (Å²) in [5.74, 6) is 0.445. The van der Waals surface area contributed by atoms with Crippen molar-refractivity contribution in [3.8, 4) is 6.07 Å². The second-order valence-corrected chi connectivity index (χ2v) is 7.22. The van der Waals surface area contributed by atoms with Crippen LogP contribution in [0.2, 0.25) is 0 Å². The monoisotopic (exact) mass is 398 g/mol. The summed E-state index contributed by atoms with van der Waals surface area (Å²) >= 11 is 0. The molecule has 1 saturated heterocycles. The lowest BCUT2D eigenvalue weighted by atomic mass is 10.2. The highest BCUT2D eigenvalue weighted by Crippen LogP contribution is 2.20. The van der Waals surface area contributed by atoms with Crippen molar-refractivity contribution < 1.29 is 4.79 Å². The fourth-order valence-corrected chi connectivity index (χ4v) is 3.49. The fourth-order valence-electron chi connectivity index (χ4n) is 3.49. The molecule has 0 aliphatic carbocycles. The lowest BCUT2D eigenvalue weighted by Crippen LogP contribution is -2.47. The van der Waals surface area contributed by atoms with E-state index in [1.165, 1.54) is 17.6 Å². The topological polar surface area (TPSA) is 85.1 Å². The van der Waals surface area contributed by atoms with Gasteiger partial charge in [0, 0.05) is 43.6 Å². The van der Waals surface area contributed by atoms with E-state index < -0.39 is 0 Å². The lowest BCUT2D eigenvalue weighted by Gasteiger charge is -2.36. The van der Waals surface area contributed by atoms with E-state index in [0.29, 0.717) is 16.9 Å². The van der Waals surface area contributed by atoms with Gasteiger partial charge in [0.1, 0.15) is 17.8 Å². The van der Waals surface area contributed by atoms with Gasteiger partial charge in [-0.05, 0) is 48.9 Å². The highest BCUT2D eigenvalue weighted by atomic mass is 16.1. The summed E-state index contributed by atoms with van der Waals surface area (Å²) < 4.78 is 0. The van der Waals surface area contributed by atoms with Crippen LogP contribution >= 0.6 is 0 Å². The minimum absolute atomic E-state index is 0.304. The first-order valence-corrected chi connectivity index (χ1v) is 9.82. The molecule has 0 atom stereocenters. The largest absolute Gasteiger partial charge is 0.368 e. The number of carbonyl (C=O) groups excluding carboxylic acids is 1. The van der Waals surface area contributed by atoms with Crippen molar-refractivity contribution in [1.29, 1.82) is 5.26 Å². The predicted octanol–water partition coefficient (Wildman–Crippen LogP) is 3.24. The Kier molecular flexibility index (Phi) is 5.57. The van der Waals surface area contributed by atoms with Crippen LogP contribution in [0.5, 0.6) is 0 Å². The van der Waals surface area contributed by atoms with Crippen molar-refractivity contribution in [3.63, 3.8) is 0 Å². The van der Waals surface area contributed by atoms with E-state index in [2.05, 4.69) is 62.3 Å². The Hall–Kier alpha value is -3.92. The van der Waals surface area contributed by atoms with Crippen LogP contribution in [0, 0.1) is 18.3 Å². The first-order valence-electron chi connectivity index (χ1n) is 9.82. The number of aromatic nitrogens is 2. The van der Waals surface area contributed by atoms with E-state index in [1.54, 1.807) is 30.3 Å². The number of piperazine rings is 1. The van der Waals surface area contributed by atoms with Crippen LogP contribution in [0.3, 0.4) is 0 Å². The summed E-state index contributed by atoms with van der Waals surface area (Å²) in [6.45, 7) is 5.52. The number of aryl methyl sites for hydroxylation is 1. The van der Waals surface area contributed by atoms with E-state index in [4.69, 9.17) is 5.26 Å². The van der Waals surface area contributed by atoms with Gasteiger partial charge in [-0.3, -0.25) is 4.79 Å². The van der Waals surface area contributed by atoms with Crippen LogP contribution in [-0.4, -0.2) is 42.1 Å². The quantitative estimate of drug-likeness (QED) is 0.726. The number of nitriles is 1. The molecule has 2 aromatic carbocycles. The molecule has 1 N–H and O–H groups in total. The first-order chi connectivity index (χ1) is 14.6. The Morgan fingerprint density at radius 1 is 1.00 bits per heavy atom. The molecule has 7 nitrogen and oxygen atoms in total. The Morgan fingerprint density at radius 3 is 2.43 bits per heavy atom. The van der Waals surface area contributed by atoms with Gasteiger partial charge in [0.25, 0.3) is 5.91 Å². The van der Waals surface area contributed by atoms with Gasteiger partial charge >= 0.3 is 0 Å². The fraction of sp³-hybridized carbons (Fsp3) is 0.217. The molecule has 2 heterocycles. The minimum Gasteiger partial charge on any atom is -0.368 e. The molecule has 1 amide bonds. The molecule has 0 saturated carbocycles. The van der Waals surface area contributed by atoms with E-state index in [1.807, 2.05) is 0 Å². The summed E-state index contributed by atoms with van der Waals surface area (Å²) in [6, 6.07) is 19.0. The Morgan fingerprint density at radius 2 is 1.73 bits per heavy atom. The summed E-state index contributed by atoms with van der Waals surface area (Å²) in [5.41, 5.74) is 3.96. The van der Waals surface area contributed by atoms with E-state index in [-0.39, 0.29) is 5.91 Å². The van der Waals surface area contributed by atoms with Crippen LogP contribution < -0.4 is 15.1 Å². The van der Waals surface area contributed by atoms with Crippen LogP contribution in [0.1, 0.15) is 21.6 Å². The Balaban J connectivity index is 1.41. The molecule has 0 unspecified atom stereocenters. The van der Waals surface area contributed by atoms with Gasteiger partial charge in [-0.2, -0.15) is 5.26 Å². The number of hydrogen-bond acceptors (Lipinski definition) is 6. The molecule has 1 aliphatic rings. The molecule has 3 aromatic rings. The molecule has 7 heteroatoms. The maximum absolute atomic E-state index is 12.6. The number of carbonyl (C=O) groups is 1. The number of rotatable bonds is 4. The average molecular weight is 398 g/mol. The average Bonchev–Trinajstić information content (AvgIpc) is 2.80. The summed E-state index contributed by atoms with van der Waals surface area (Å²) in [4.78, 5) is 25.6. The van der Waals surface area contributed by atoms with Crippen LogP contribution in [0.15, 0.2) is 60.9 Å². The van der Waals surface area contributed by atoms with E-state index in [9.17, 15) is 4.79 Å². The van der Waals surface area contributed by atoms with E-state index >= 15 is 0 Å². The van der Waals surface area contributed by atoms with Crippen LogP contribution in [0.4, 0.5) is 17.2 Å². The normalized spacial score (nSPS) is 13.6. The SMILES string of the molecule is Cc1cccc(N2CCN(c3cc(C(=O)Nc4ccc(C#N)cc4)ncn3)CC2)c1. The molecule has 0 bridgehead atoms. The molecule has 1 aliphatic heterocycles. The van der Waals surface area contributed by atoms with Crippen molar-refractivity contribution in [2.45, 2.75) is 6.92 Å². The standard InChI is InChI=1S/C23H22N6O/c1-17-3-2-4-20(13-17)28-9-11-29(12-10-28)22-14-21(25-16-26-22)23(30)27-19-7-5-18(15-24)6-8-19/h2-8,13-14,16H,9-12H2,1H3,(H,27,30).